The number of hydrogen-bond donors (Lipinski definition) is 0. The van der Waals surface area contributed by atoms with Crippen molar-refractivity contribution in [3.05, 3.63) is 77.3 Å². The lowest BCUT2D eigenvalue weighted by Crippen LogP contribution is -2.27. The van der Waals surface area contributed by atoms with Gasteiger partial charge in [-0.25, -0.2) is 4.90 Å². The molecule has 126 valence electrons. The van der Waals surface area contributed by atoms with Crippen molar-refractivity contribution in [1.82, 2.24) is 4.57 Å². The van der Waals surface area contributed by atoms with Gasteiger partial charge in [0.1, 0.15) is 0 Å². The van der Waals surface area contributed by atoms with E-state index in [-0.39, 0.29) is 16.1 Å². The van der Waals surface area contributed by atoms with E-state index in [0.29, 0.717) is 17.8 Å². The second-order valence-electron chi connectivity index (χ2n) is 5.90. The first kappa shape index (κ1) is 16.2. The zero-order chi connectivity index (χ0) is 18.3. The summed E-state index contributed by atoms with van der Waals surface area (Å²) in [7, 11) is 0. The summed E-state index contributed by atoms with van der Waals surface area (Å²) in [5.41, 5.74) is 3.12. The van der Waals surface area contributed by atoms with E-state index in [0.717, 1.165) is 28.2 Å². The number of carbonyl (C=O) groups excluding carboxylic acids is 2. The lowest BCUT2D eigenvalue weighted by molar-refractivity contribution is -0.113. The molecule has 1 aliphatic rings. The number of hydrogen-bond acceptors (Lipinski definition) is 4. The van der Waals surface area contributed by atoms with Crippen LogP contribution in [0.5, 0.6) is 0 Å². The number of imide groups is 1. The van der Waals surface area contributed by atoms with Crippen molar-refractivity contribution in [3.8, 4) is 6.07 Å². The van der Waals surface area contributed by atoms with Crippen LogP contribution in [0.3, 0.4) is 0 Å². The molecule has 2 amide bonds. The van der Waals surface area contributed by atoms with Crippen molar-refractivity contribution in [1.29, 1.82) is 5.26 Å². The summed E-state index contributed by atoms with van der Waals surface area (Å²) >= 11 is 0.860. The molecule has 0 bridgehead atoms. The molecule has 4 rings (SSSR count). The Labute approximate surface area is 154 Å². The van der Waals surface area contributed by atoms with Crippen molar-refractivity contribution in [2.45, 2.75) is 6.54 Å². The predicted octanol–water partition coefficient (Wildman–Crippen LogP) is 4.27. The van der Waals surface area contributed by atoms with Gasteiger partial charge in [-0.1, -0.05) is 36.9 Å². The van der Waals surface area contributed by atoms with Crippen LogP contribution in [-0.2, 0) is 11.3 Å². The van der Waals surface area contributed by atoms with Crippen molar-refractivity contribution >= 4 is 39.5 Å². The average molecular weight is 359 g/mol. The lowest BCUT2D eigenvalue weighted by atomic mass is 10.1. The minimum absolute atomic E-state index is 0.235. The summed E-state index contributed by atoms with van der Waals surface area (Å²) in [5.74, 6) is -0.374. The van der Waals surface area contributed by atoms with Gasteiger partial charge in [0.05, 0.1) is 27.7 Å². The fourth-order valence-electron chi connectivity index (χ4n) is 3.03. The highest BCUT2D eigenvalue weighted by Gasteiger charge is 2.36. The van der Waals surface area contributed by atoms with Crippen LogP contribution in [0.15, 0.2) is 66.2 Å². The van der Waals surface area contributed by atoms with Crippen LogP contribution in [0.25, 0.3) is 10.9 Å². The summed E-state index contributed by atoms with van der Waals surface area (Å²) < 4.78 is 2.00. The number of amides is 2. The quantitative estimate of drug-likeness (QED) is 0.655. The van der Waals surface area contributed by atoms with Gasteiger partial charge in [-0.05, 0) is 35.5 Å². The Balaban J connectivity index is 1.79. The predicted molar refractivity (Wildman–Crippen MR) is 102 cm³/mol. The fraction of sp³-hybridized carbons (Fsp3) is 0.0500. The van der Waals surface area contributed by atoms with Crippen LogP contribution in [0.4, 0.5) is 10.5 Å². The standard InChI is InChI=1S/C20H13N3O2S/c1-13-19(24)23(20(25)26-13)18-12-22(17-5-3-2-4-16(17)18)11-15-8-6-14(10-21)7-9-15/h2-9,12H,1,11H2. The molecule has 0 saturated carbocycles. The van der Waals surface area contributed by atoms with Crippen molar-refractivity contribution in [2.24, 2.45) is 0 Å². The Morgan fingerprint density at radius 1 is 1.08 bits per heavy atom. The molecule has 3 aromatic rings. The van der Waals surface area contributed by atoms with Crippen LogP contribution in [-0.4, -0.2) is 15.7 Å². The van der Waals surface area contributed by atoms with Crippen LogP contribution in [0.2, 0.25) is 0 Å². The monoisotopic (exact) mass is 359 g/mol. The number of para-hydroxylation sites is 1. The van der Waals surface area contributed by atoms with Gasteiger partial charge in [0.25, 0.3) is 11.1 Å². The number of rotatable bonds is 3. The highest BCUT2D eigenvalue weighted by Crippen LogP contribution is 2.38. The molecule has 2 heterocycles. The molecule has 1 saturated heterocycles. The maximum atomic E-state index is 12.3. The van der Waals surface area contributed by atoms with Crippen LogP contribution < -0.4 is 4.90 Å². The van der Waals surface area contributed by atoms with E-state index < -0.39 is 0 Å². The highest BCUT2D eigenvalue weighted by molar-refractivity contribution is 8.18. The molecule has 1 fully saturated rings. The molecule has 2 aromatic carbocycles. The number of carbonyl (C=O) groups is 2. The van der Waals surface area contributed by atoms with Crippen LogP contribution in [0, 0.1) is 11.3 Å². The Kier molecular flexibility index (Phi) is 3.86. The Hall–Kier alpha value is -3.30. The van der Waals surface area contributed by atoms with Crippen molar-refractivity contribution in [2.75, 3.05) is 4.90 Å². The molecule has 0 spiro atoms. The summed E-state index contributed by atoms with van der Waals surface area (Å²) in [5, 5.41) is 9.42. The van der Waals surface area contributed by atoms with Crippen molar-refractivity contribution in [3.63, 3.8) is 0 Å². The van der Waals surface area contributed by atoms with E-state index in [2.05, 4.69) is 12.6 Å². The van der Waals surface area contributed by atoms with Crippen molar-refractivity contribution < 1.29 is 9.59 Å². The van der Waals surface area contributed by atoms with Gasteiger partial charge < -0.3 is 4.57 Å². The van der Waals surface area contributed by atoms with Gasteiger partial charge in [-0.2, -0.15) is 5.26 Å². The average Bonchev–Trinajstić information content (AvgIpc) is 3.12. The second-order valence-corrected chi connectivity index (χ2v) is 6.95. The molecular formula is C20H13N3O2S. The first-order chi connectivity index (χ1) is 12.6. The largest absolute Gasteiger partial charge is 0.341 e. The van der Waals surface area contributed by atoms with E-state index in [1.807, 2.05) is 47.2 Å². The zero-order valence-corrected chi connectivity index (χ0v) is 14.5. The number of thioether (sulfide) groups is 1. The smallest absolute Gasteiger partial charge is 0.298 e. The van der Waals surface area contributed by atoms with E-state index in [4.69, 9.17) is 5.26 Å². The number of aromatic nitrogens is 1. The number of fused-ring (bicyclic) bond motifs is 1. The summed E-state index contributed by atoms with van der Waals surface area (Å²) in [6, 6.07) is 17.1. The van der Waals surface area contributed by atoms with E-state index in [1.54, 1.807) is 12.1 Å². The van der Waals surface area contributed by atoms with Gasteiger partial charge in [-0.3, -0.25) is 9.59 Å². The Morgan fingerprint density at radius 3 is 2.46 bits per heavy atom. The normalized spacial score (nSPS) is 14.3. The topological polar surface area (TPSA) is 66.1 Å². The zero-order valence-electron chi connectivity index (χ0n) is 13.7. The lowest BCUT2D eigenvalue weighted by Gasteiger charge is -2.10. The fourth-order valence-corrected chi connectivity index (χ4v) is 3.69. The third-order valence-corrected chi connectivity index (χ3v) is 5.06. The molecule has 6 heteroatoms. The molecule has 1 aromatic heterocycles. The van der Waals surface area contributed by atoms with E-state index in [1.165, 1.54) is 4.90 Å². The summed E-state index contributed by atoms with van der Waals surface area (Å²) in [4.78, 5) is 26.0. The Morgan fingerprint density at radius 2 is 1.81 bits per heavy atom. The molecular weight excluding hydrogens is 346 g/mol. The highest BCUT2D eigenvalue weighted by atomic mass is 32.2. The van der Waals surface area contributed by atoms with Gasteiger partial charge in [0.2, 0.25) is 0 Å². The molecule has 5 nitrogen and oxygen atoms in total. The van der Waals surface area contributed by atoms with Crippen LogP contribution in [0.1, 0.15) is 11.1 Å². The molecule has 0 atom stereocenters. The minimum Gasteiger partial charge on any atom is -0.341 e. The molecule has 0 N–H and O–H groups in total. The van der Waals surface area contributed by atoms with Gasteiger partial charge in [0, 0.05) is 18.1 Å². The molecule has 1 aliphatic heterocycles. The Bertz CT molecular complexity index is 1110. The number of benzene rings is 2. The number of nitriles is 1. The number of anilines is 1. The maximum Gasteiger partial charge on any atom is 0.298 e. The number of nitrogens with zero attached hydrogens (tertiary/aromatic N) is 3. The molecule has 0 aliphatic carbocycles. The molecule has 0 radical (unpaired) electrons. The first-order valence-corrected chi connectivity index (χ1v) is 8.72. The molecule has 0 unspecified atom stereocenters. The SMILES string of the molecule is C=C1SC(=O)N(c2cn(Cc3ccc(C#N)cc3)c3ccccc23)C1=O. The van der Waals surface area contributed by atoms with Crippen LogP contribution >= 0.6 is 11.8 Å². The first-order valence-electron chi connectivity index (χ1n) is 7.90. The maximum absolute atomic E-state index is 12.3. The summed E-state index contributed by atoms with van der Waals surface area (Å²) in [6.07, 6.45) is 1.82. The third kappa shape index (κ3) is 2.59. The van der Waals surface area contributed by atoms with E-state index >= 15 is 0 Å². The second kappa shape index (κ2) is 6.21. The van der Waals surface area contributed by atoms with Gasteiger partial charge in [-0.15, -0.1) is 0 Å². The summed E-state index contributed by atoms with van der Waals surface area (Å²) in [6.45, 7) is 4.22. The molecule has 26 heavy (non-hydrogen) atoms. The van der Waals surface area contributed by atoms with Gasteiger partial charge >= 0.3 is 0 Å². The minimum atomic E-state index is -0.374. The van der Waals surface area contributed by atoms with Gasteiger partial charge in [0.15, 0.2) is 0 Å². The third-order valence-electron chi connectivity index (χ3n) is 4.28. The van der Waals surface area contributed by atoms with E-state index in [9.17, 15) is 9.59 Å².